The summed E-state index contributed by atoms with van der Waals surface area (Å²) in [4.78, 5) is 17.1. The minimum absolute atomic E-state index is 0.361. The molecule has 0 aromatic heterocycles. The Morgan fingerprint density at radius 3 is 2.46 bits per heavy atom. The number of carbonyl (C=O) groups excluding carboxylic acids is 1. The Hall–Kier alpha value is -1.39. The Morgan fingerprint density at radius 2 is 1.79 bits per heavy atom. The summed E-state index contributed by atoms with van der Waals surface area (Å²) in [5.74, 6) is 1.59. The minimum atomic E-state index is 0.361. The van der Waals surface area contributed by atoms with Crippen LogP contribution in [0.3, 0.4) is 0 Å². The van der Waals surface area contributed by atoms with E-state index in [-0.39, 0.29) is 0 Å². The zero-order valence-electron chi connectivity index (χ0n) is 14.9. The Balaban J connectivity index is 1.41. The van der Waals surface area contributed by atoms with Gasteiger partial charge >= 0.3 is 0 Å². The Morgan fingerprint density at radius 1 is 1.12 bits per heavy atom. The van der Waals surface area contributed by atoms with Crippen molar-refractivity contribution in [3.63, 3.8) is 0 Å². The van der Waals surface area contributed by atoms with Gasteiger partial charge in [-0.05, 0) is 43.3 Å². The molecule has 1 aromatic rings. The van der Waals surface area contributed by atoms with Gasteiger partial charge in [0.2, 0.25) is 5.91 Å². The normalized spacial score (nSPS) is 21.6. The van der Waals surface area contributed by atoms with Gasteiger partial charge in [-0.2, -0.15) is 0 Å². The summed E-state index contributed by atoms with van der Waals surface area (Å²) in [6, 6.07) is 10.6. The molecule has 2 aliphatic heterocycles. The van der Waals surface area contributed by atoms with Gasteiger partial charge in [-0.3, -0.25) is 9.69 Å². The molecule has 4 heteroatoms. The third-order valence-corrected chi connectivity index (χ3v) is 5.66. The SMILES string of the molecule is CC(CC(=O)N1CCN(Cc2ccccc2)CC1)C1CCNCC1. The van der Waals surface area contributed by atoms with Crippen LogP contribution in [0.2, 0.25) is 0 Å². The molecule has 2 heterocycles. The average Bonchev–Trinajstić information content (AvgIpc) is 2.64. The quantitative estimate of drug-likeness (QED) is 0.901. The molecule has 1 atom stereocenters. The number of nitrogens with one attached hydrogen (secondary N) is 1. The van der Waals surface area contributed by atoms with Gasteiger partial charge in [0.25, 0.3) is 0 Å². The monoisotopic (exact) mass is 329 g/mol. The number of benzene rings is 1. The molecule has 3 rings (SSSR count). The second-order valence-corrected chi connectivity index (χ2v) is 7.41. The fourth-order valence-electron chi connectivity index (χ4n) is 3.98. The summed E-state index contributed by atoms with van der Waals surface area (Å²) >= 11 is 0. The van der Waals surface area contributed by atoms with Crippen LogP contribution in [0.4, 0.5) is 0 Å². The van der Waals surface area contributed by atoms with Crippen LogP contribution < -0.4 is 5.32 Å². The summed E-state index contributed by atoms with van der Waals surface area (Å²) in [6.07, 6.45) is 3.17. The van der Waals surface area contributed by atoms with E-state index in [4.69, 9.17) is 0 Å². The lowest BCUT2D eigenvalue weighted by Gasteiger charge is -2.36. The predicted octanol–water partition coefficient (Wildman–Crippen LogP) is 2.36. The van der Waals surface area contributed by atoms with Crippen molar-refractivity contribution in [2.24, 2.45) is 11.8 Å². The zero-order chi connectivity index (χ0) is 16.8. The highest BCUT2D eigenvalue weighted by Gasteiger charge is 2.26. The maximum Gasteiger partial charge on any atom is 0.222 e. The highest BCUT2D eigenvalue weighted by atomic mass is 16.2. The standard InChI is InChI=1S/C20H31N3O/c1-17(19-7-9-21-10-8-19)15-20(24)23-13-11-22(12-14-23)16-18-5-3-2-4-6-18/h2-6,17,19,21H,7-16H2,1H3. The Labute approximate surface area is 146 Å². The van der Waals surface area contributed by atoms with Crippen molar-refractivity contribution in [2.75, 3.05) is 39.3 Å². The minimum Gasteiger partial charge on any atom is -0.340 e. The summed E-state index contributed by atoms with van der Waals surface area (Å²) in [7, 11) is 0. The third-order valence-electron chi connectivity index (χ3n) is 5.66. The van der Waals surface area contributed by atoms with Crippen LogP contribution in [0.15, 0.2) is 30.3 Å². The Kier molecular flexibility index (Phi) is 6.27. The maximum atomic E-state index is 12.6. The lowest BCUT2D eigenvalue weighted by Crippen LogP contribution is -2.48. The highest BCUT2D eigenvalue weighted by molar-refractivity contribution is 5.76. The second-order valence-electron chi connectivity index (χ2n) is 7.41. The number of hydrogen-bond acceptors (Lipinski definition) is 3. The van der Waals surface area contributed by atoms with Crippen molar-refractivity contribution in [1.82, 2.24) is 15.1 Å². The van der Waals surface area contributed by atoms with Crippen molar-refractivity contribution in [3.05, 3.63) is 35.9 Å². The summed E-state index contributed by atoms with van der Waals surface area (Å²) in [5.41, 5.74) is 1.36. The van der Waals surface area contributed by atoms with Crippen molar-refractivity contribution < 1.29 is 4.79 Å². The molecule has 24 heavy (non-hydrogen) atoms. The number of hydrogen-bond donors (Lipinski definition) is 1. The molecule has 132 valence electrons. The van der Waals surface area contributed by atoms with Gasteiger partial charge in [-0.1, -0.05) is 37.3 Å². The second kappa shape index (κ2) is 8.63. The van der Waals surface area contributed by atoms with Crippen LogP contribution in [0.5, 0.6) is 0 Å². The van der Waals surface area contributed by atoms with Gasteiger partial charge in [0.15, 0.2) is 0 Å². The molecule has 1 aromatic carbocycles. The molecule has 0 bridgehead atoms. The molecular weight excluding hydrogens is 298 g/mol. The Bertz CT molecular complexity index is 505. The van der Waals surface area contributed by atoms with E-state index in [1.165, 1.54) is 18.4 Å². The molecule has 4 nitrogen and oxygen atoms in total. The summed E-state index contributed by atoms with van der Waals surface area (Å²) < 4.78 is 0. The van der Waals surface area contributed by atoms with E-state index in [1.54, 1.807) is 0 Å². The first-order chi connectivity index (χ1) is 11.7. The number of amides is 1. The van der Waals surface area contributed by atoms with Gasteiger partial charge in [-0.25, -0.2) is 0 Å². The van der Waals surface area contributed by atoms with Gasteiger partial charge in [-0.15, -0.1) is 0 Å². The largest absolute Gasteiger partial charge is 0.340 e. The first kappa shape index (κ1) is 17.4. The third kappa shape index (κ3) is 4.81. The van der Waals surface area contributed by atoms with E-state index in [2.05, 4.69) is 52.4 Å². The van der Waals surface area contributed by atoms with E-state index in [0.29, 0.717) is 11.8 Å². The molecule has 2 saturated heterocycles. The van der Waals surface area contributed by atoms with Crippen molar-refractivity contribution >= 4 is 5.91 Å². The fourth-order valence-corrected chi connectivity index (χ4v) is 3.98. The molecule has 0 aliphatic carbocycles. The molecule has 2 aliphatic rings. The molecule has 2 fully saturated rings. The van der Waals surface area contributed by atoms with Crippen LogP contribution in [0.25, 0.3) is 0 Å². The molecule has 0 saturated carbocycles. The molecule has 0 spiro atoms. The van der Waals surface area contributed by atoms with E-state index < -0.39 is 0 Å². The van der Waals surface area contributed by atoms with Crippen molar-refractivity contribution in [3.8, 4) is 0 Å². The topological polar surface area (TPSA) is 35.6 Å². The van der Waals surface area contributed by atoms with Gasteiger partial charge in [0, 0.05) is 39.1 Å². The van der Waals surface area contributed by atoms with Crippen molar-refractivity contribution in [2.45, 2.75) is 32.7 Å². The number of carbonyl (C=O) groups is 1. The highest BCUT2D eigenvalue weighted by Crippen LogP contribution is 2.25. The number of rotatable bonds is 5. The summed E-state index contributed by atoms with van der Waals surface area (Å²) in [6.45, 7) is 9.22. The van der Waals surface area contributed by atoms with E-state index in [9.17, 15) is 4.79 Å². The fraction of sp³-hybridized carbons (Fsp3) is 0.650. The predicted molar refractivity (Wildman–Crippen MR) is 97.7 cm³/mol. The van der Waals surface area contributed by atoms with Crippen LogP contribution in [0, 0.1) is 11.8 Å². The molecular formula is C20H31N3O. The molecule has 1 N–H and O–H groups in total. The van der Waals surface area contributed by atoms with Crippen LogP contribution in [0.1, 0.15) is 31.7 Å². The molecule has 1 amide bonds. The van der Waals surface area contributed by atoms with Gasteiger partial charge in [0.05, 0.1) is 0 Å². The van der Waals surface area contributed by atoms with Crippen LogP contribution in [-0.4, -0.2) is 55.0 Å². The van der Waals surface area contributed by atoms with Gasteiger partial charge < -0.3 is 10.2 Å². The number of nitrogens with zero attached hydrogens (tertiary/aromatic N) is 2. The van der Waals surface area contributed by atoms with Gasteiger partial charge in [0.1, 0.15) is 0 Å². The van der Waals surface area contributed by atoms with E-state index >= 15 is 0 Å². The van der Waals surface area contributed by atoms with Crippen molar-refractivity contribution in [1.29, 1.82) is 0 Å². The first-order valence-corrected chi connectivity index (χ1v) is 9.47. The lowest BCUT2D eigenvalue weighted by molar-refractivity contribution is -0.134. The number of piperidine rings is 1. The zero-order valence-corrected chi connectivity index (χ0v) is 14.9. The maximum absolute atomic E-state index is 12.6. The first-order valence-electron chi connectivity index (χ1n) is 9.47. The molecule has 1 unspecified atom stereocenters. The summed E-state index contributed by atoms with van der Waals surface area (Å²) in [5, 5.41) is 3.41. The molecule has 0 radical (unpaired) electrons. The van der Waals surface area contributed by atoms with Crippen LogP contribution in [-0.2, 0) is 11.3 Å². The van der Waals surface area contributed by atoms with E-state index in [0.717, 1.165) is 58.2 Å². The smallest absolute Gasteiger partial charge is 0.222 e. The number of piperazine rings is 1. The van der Waals surface area contributed by atoms with E-state index in [1.807, 2.05) is 0 Å². The lowest BCUT2D eigenvalue weighted by atomic mass is 9.84. The van der Waals surface area contributed by atoms with Crippen LogP contribution >= 0.6 is 0 Å². The average molecular weight is 329 g/mol.